The van der Waals surface area contributed by atoms with Gasteiger partial charge >= 0.3 is 0 Å². The van der Waals surface area contributed by atoms with Gasteiger partial charge in [-0.3, -0.25) is 0 Å². The lowest BCUT2D eigenvalue weighted by Crippen LogP contribution is -2.14. The van der Waals surface area contributed by atoms with E-state index in [2.05, 4.69) is 191 Å². The average molecular weight is 721 g/mol. The normalized spacial score (nSPS) is 15.9. The summed E-state index contributed by atoms with van der Waals surface area (Å²) >= 11 is 0. The summed E-state index contributed by atoms with van der Waals surface area (Å²) in [5, 5.41) is 4.98. The molecular weight excluding hydrogens is 681 g/mol. The zero-order valence-electron chi connectivity index (χ0n) is 31.1. The van der Waals surface area contributed by atoms with Gasteiger partial charge in [0.25, 0.3) is 0 Å². The molecule has 1 saturated carbocycles. The van der Waals surface area contributed by atoms with E-state index in [1.807, 2.05) is 0 Å². The largest absolute Gasteiger partial charge is 0.309 e. The van der Waals surface area contributed by atoms with Crippen LogP contribution in [0.2, 0.25) is 0 Å². The number of aromatic nitrogens is 4. The Balaban J connectivity index is 1.14. The van der Waals surface area contributed by atoms with Gasteiger partial charge in [0.05, 0.1) is 27.8 Å². The van der Waals surface area contributed by atoms with Crippen LogP contribution < -0.4 is 0 Å². The first-order valence-electron chi connectivity index (χ1n) is 19.9. The van der Waals surface area contributed by atoms with Crippen LogP contribution in [0.4, 0.5) is 0 Å². The van der Waals surface area contributed by atoms with Crippen LogP contribution in [-0.2, 0) is 0 Å². The monoisotopic (exact) mass is 720 g/mol. The van der Waals surface area contributed by atoms with Crippen LogP contribution in [0, 0.1) is 0 Å². The average Bonchev–Trinajstić information content (AvgIpc) is 3.80. The molecule has 0 spiro atoms. The van der Waals surface area contributed by atoms with Gasteiger partial charge in [0.15, 0.2) is 5.82 Å². The van der Waals surface area contributed by atoms with Crippen molar-refractivity contribution < 1.29 is 0 Å². The molecule has 11 rings (SSSR count). The summed E-state index contributed by atoms with van der Waals surface area (Å²) in [4.78, 5) is 10.7. The summed E-state index contributed by atoms with van der Waals surface area (Å²) in [6.07, 6.45) is 4.54. The molecular formula is C52H40N4. The zero-order chi connectivity index (χ0) is 37.0. The smallest absolute Gasteiger partial charge is 0.160 e. The summed E-state index contributed by atoms with van der Waals surface area (Å²) in [7, 11) is 0. The molecule has 7 aromatic carbocycles. The summed E-state index contributed by atoms with van der Waals surface area (Å²) in [5.41, 5.74) is 12.6. The molecule has 0 N–H and O–H groups in total. The van der Waals surface area contributed by atoms with Crippen LogP contribution in [0.5, 0.6) is 0 Å². The Morgan fingerprint density at radius 3 is 1.30 bits per heavy atom. The highest BCUT2D eigenvalue weighted by Gasteiger charge is 2.26. The first kappa shape index (κ1) is 32.6. The Hall–Kier alpha value is -6.78. The maximum Gasteiger partial charge on any atom is 0.160 e. The van der Waals surface area contributed by atoms with Crippen LogP contribution >= 0.6 is 0 Å². The molecule has 3 heterocycles. The van der Waals surface area contributed by atoms with Gasteiger partial charge in [0, 0.05) is 55.7 Å². The molecule has 4 nitrogen and oxygen atoms in total. The summed E-state index contributed by atoms with van der Waals surface area (Å²) in [6.45, 7) is 0. The van der Waals surface area contributed by atoms with E-state index in [1.54, 1.807) is 0 Å². The second-order valence-corrected chi connectivity index (χ2v) is 15.3. The second kappa shape index (κ2) is 13.5. The fraction of sp³-hybridized carbons (Fsp3) is 0.115. The van der Waals surface area contributed by atoms with Crippen molar-refractivity contribution >= 4 is 43.6 Å². The highest BCUT2D eigenvalue weighted by Crippen LogP contribution is 2.42. The molecule has 0 atom stereocenters. The minimum atomic E-state index is 0.372. The molecule has 56 heavy (non-hydrogen) atoms. The minimum Gasteiger partial charge on any atom is -0.309 e. The molecule has 10 aromatic rings. The van der Waals surface area contributed by atoms with Crippen molar-refractivity contribution in [2.45, 2.75) is 37.5 Å². The Kier molecular flexibility index (Phi) is 7.87. The molecule has 3 aromatic heterocycles. The Morgan fingerprint density at radius 2 is 0.804 bits per heavy atom. The van der Waals surface area contributed by atoms with Gasteiger partial charge in [0.1, 0.15) is 0 Å². The van der Waals surface area contributed by atoms with Crippen molar-refractivity contribution in [1.29, 1.82) is 0 Å². The molecule has 1 aliphatic carbocycles. The summed E-state index contributed by atoms with van der Waals surface area (Å²) < 4.78 is 4.85. The van der Waals surface area contributed by atoms with Crippen molar-refractivity contribution in [1.82, 2.24) is 19.1 Å². The van der Waals surface area contributed by atoms with Gasteiger partial charge in [0.2, 0.25) is 0 Å². The molecule has 0 saturated heterocycles. The van der Waals surface area contributed by atoms with E-state index in [9.17, 15) is 0 Å². The lowest BCUT2D eigenvalue weighted by Gasteiger charge is -2.29. The number of hydrogen-bond acceptors (Lipinski definition) is 2. The van der Waals surface area contributed by atoms with Gasteiger partial charge in [-0.1, -0.05) is 133 Å². The van der Waals surface area contributed by atoms with Crippen LogP contribution in [0.3, 0.4) is 0 Å². The summed E-state index contributed by atoms with van der Waals surface area (Å²) in [5.74, 6) is 1.75. The number of hydrogen-bond donors (Lipinski definition) is 0. The molecule has 0 amide bonds. The SMILES string of the molecule is c1ccc(-c2nc(-c3cc(-n4c5ccccc5c5ccccc54)cc(-n4c5ccccc5c5ccccc54)c3)cc(C3CCC(c4ccccc4)CC3)n2)cc1. The zero-order valence-corrected chi connectivity index (χ0v) is 31.1. The van der Waals surface area contributed by atoms with Gasteiger partial charge in [-0.15, -0.1) is 0 Å². The molecule has 268 valence electrons. The van der Waals surface area contributed by atoms with Crippen molar-refractivity contribution in [3.05, 3.63) is 193 Å². The van der Waals surface area contributed by atoms with E-state index in [4.69, 9.17) is 9.97 Å². The van der Waals surface area contributed by atoms with Gasteiger partial charge in [-0.2, -0.15) is 0 Å². The fourth-order valence-corrected chi connectivity index (χ4v) is 9.39. The maximum absolute atomic E-state index is 5.40. The summed E-state index contributed by atoms with van der Waals surface area (Å²) in [6, 6.07) is 65.9. The number of benzene rings is 7. The first-order valence-corrected chi connectivity index (χ1v) is 19.9. The number of nitrogens with zero attached hydrogens (tertiary/aromatic N) is 4. The van der Waals surface area contributed by atoms with E-state index in [0.717, 1.165) is 65.4 Å². The third-order valence-electron chi connectivity index (χ3n) is 12.1. The van der Waals surface area contributed by atoms with Gasteiger partial charge < -0.3 is 9.13 Å². The van der Waals surface area contributed by atoms with Crippen LogP contribution in [0.15, 0.2) is 182 Å². The van der Waals surface area contributed by atoms with Crippen molar-refractivity contribution in [2.24, 2.45) is 0 Å². The van der Waals surface area contributed by atoms with E-state index in [-0.39, 0.29) is 0 Å². The predicted molar refractivity (Wildman–Crippen MR) is 232 cm³/mol. The molecule has 1 aliphatic rings. The quantitative estimate of drug-likeness (QED) is 0.171. The Bertz CT molecular complexity index is 2800. The highest BCUT2D eigenvalue weighted by molar-refractivity contribution is 6.10. The third kappa shape index (κ3) is 5.52. The topological polar surface area (TPSA) is 35.6 Å². The highest BCUT2D eigenvalue weighted by atomic mass is 15.0. The van der Waals surface area contributed by atoms with E-state index < -0.39 is 0 Å². The molecule has 0 bridgehead atoms. The van der Waals surface area contributed by atoms with E-state index >= 15 is 0 Å². The second-order valence-electron chi connectivity index (χ2n) is 15.3. The van der Waals surface area contributed by atoms with Crippen LogP contribution in [0.25, 0.3) is 77.6 Å². The van der Waals surface area contributed by atoms with E-state index in [0.29, 0.717) is 11.8 Å². The van der Waals surface area contributed by atoms with Crippen molar-refractivity contribution in [3.63, 3.8) is 0 Å². The lowest BCUT2D eigenvalue weighted by molar-refractivity contribution is 0.391. The first-order chi connectivity index (χ1) is 27.8. The lowest BCUT2D eigenvalue weighted by atomic mass is 9.77. The van der Waals surface area contributed by atoms with Crippen LogP contribution in [-0.4, -0.2) is 19.1 Å². The third-order valence-corrected chi connectivity index (χ3v) is 12.1. The fourth-order valence-electron chi connectivity index (χ4n) is 9.39. The number of fused-ring (bicyclic) bond motifs is 6. The number of para-hydroxylation sites is 4. The van der Waals surface area contributed by atoms with Gasteiger partial charge in [-0.25, -0.2) is 9.97 Å². The van der Waals surface area contributed by atoms with Gasteiger partial charge in [-0.05, 0) is 85.7 Å². The van der Waals surface area contributed by atoms with E-state index in [1.165, 1.54) is 49.2 Å². The standard InChI is InChI=1S/C52H40N4/c1-3-15-35(16-4-1)36-27-29-37(30-28-36)46-34-47(54-52(53-46)38-17-5-2-6-18-38)39-31-40(55-48-23-11-7-19-42(48)43-20-8-12-24-49(43)55)33-41(32-39)56-50-25-13-9-21-44(50)45-22-10-14-26-51(45)56/h1-26,31-34,36-37H,27-30H2. The van der Waals surface area contributed by atoms with Crippen molar-refractivity contribution in [3.8, 4) is 34.0 Å². The molecule has 1 fully saturated rings. The van der Waals surface area contributed by atoms with Crippen LogP contribution in [0.1, 0.15) is 48.8 Å². The Labute approximate surface area is 326 Å². The minimum absolute atomic E-state index is 0.372. The maximum atomic E-state index is 5.40. The van der Waals surface area contributed by atoms with Crippen molar-refractivity contribution in [2.75, 3.05) is 0 Å². The molecule has 4 heteroatoms. The molecule has 0 aliphatic heterocycles. The number of rotatable bonds is 6. The molecule has 0 radical (unpaired) electrons. The Morgan fingerprint density at radius 1 is 0.375 bits per heavy atom. The molecule has 0 unspecified atom stereocenters. The predicted octanol–water partition coefficient (Wildman–Crippen LogP) is 13.4.